The molecule has 0 saturated carbocycles. The fraction of sp³-hybridized carbons (Fsp3) is 0.375. The molecule has 0 aliphatic carbocycles. The lowest BCUT2D eigenvalue weighted by atomic mass is 10.2. The number of amides is 2. The van der Waals surface area contributed by atoms with Crippen molar-refractivity contribution in [3.63, 3.8) is 0 Å². The molecule has 0 aromatic heterocycles. The van der Waals surface area contributed by atoms with Gasteiger partial charge in [-0.15, -0.1) is 0 Å². The standard InChI is InChI=1S/C24H29N3O4S/c1-4-31-15-7-14-27-23(29)21(32-24(27)25-18-12-10-17(2)11-13-18)16-22(28)26-19-8-5-6-9-20(19)30-3/h5-6,8-13,21H,4,7,14-16H2,1-3H3,(H,26,28). The molecule has 1 N–H and O–H groups in total. The first-order valence-corrected chi connectivity index (χ1v) is 11.5. The molecule has 1 heterocycles. The molecule has 32 heavy (non-hydrogen) atoms. The van der Waals surface area contributed by atoms with Crippen LogP contribution < -0.4 is 10.1 Å². The maximum absolute atomic E-state index is 13.1. The van der Waals surface area contributed by atoms with E-state index in [9.17, 15) is 9.59 Å². The lowest BCUT2D eigenvalue weighted by Gasteiger charge is -2.16. The number of hydrogen-bond donors (Lipinski definition) is 1. The van der Waals surface area contributed by atoms with Gasteiger partial charge >= 0.3 is 0 Å². The molecule has 0 spiro atoms. The molecule has 7 nitrogen and oxygen atoms in total. The Kier molecular flexibility index (Phi) is 8.70. The third-order valence-corrected chi connectivity index (χ3v) is 6.08. The van der Waals surface area contributed by atoms with Crippen molar-refractivity contribution in [1.29, 1.82) is 0 Å². The van der Waals surface area contributed by atoms with Gasteiger partial charge in [0.2, 0.25) is 11.8 Å². The number of nitrogens with one attached hydrogen (secondary N) is 1. The average molecular weight is 456 g/mol. The van der Waals surface area contributed by atoms with Gasteiger partial charge in [0.1, 0.15) is 11.0 Å². The maximum atomic E-state index is 13.1. The third-order valence-electron chi connectivity index (χ3n) is 4.91. The van der Waals surface area contributed by atoms with Crippen LogP contribution in [0.25, 0.3) is 0 Å². The van der Waals surface area contributed by atoms with Crippen LogP contribution in [0.15, 0.2) is 53.5 Å². The third kappa shape index (κ3) is 6.34. The van der Waals surface area contributed by atoms with Crippen molar-refractivity contribution < 1.29 is 19.1 Å². The Labute approximate surface area is 193 Å². The van der Waals surface area contributed by atoms with Crippen LogP contribution in [-0.4, -0.2) is 54.0 Å². The van der Waals surface area contributed by atoms with E-state index in [0.717, 1.165) is 11.3 Å². The maximum Gasteiger partial charge on any atom is 0.242 e. The van der Waals surface area contributed by atoms with E-state index in [-0.39, 0.29) is 18.2 Å². The highest BCUT2D eigenvalue weighted by atomic mass is 32.2. The number of rotatable bonds is 10. The van der Waals surface area contributed by atoms with Crippen LogP contribution >= 0.6 is 11.8 Å². The number of anilines is 1. The first-order valence-electron chi connectivity index (χ1n) is 10.7. The second-order valence-electron chi connectivity index (χ2n) is 7.33. The van der Waals surface area contributed by atoms with Crippen LogP contribution in [0.3, 0.4) is 0 Å². The quantitative estimate of drug-likeness (QED) is 0.538. The molecular formula is C24H29N3O4S. The minimum absolute atomic E-state index is 0.0520. The van der Waals surface area contributed by atoms with Gasteiger partial charge in [-0.2, -0.15) is 0 Å². The number of thioether (sulfide) groups is 1. The van der Waals surface area contributed by atoms with Crippen LogP contribution in [0.4, 0.5) is 11.4 Å². The van der Waals surface area contributed by atoms with E-state index in [1.807, 2.05) is 50.2 Å². The molecule has 1 fully saturated rings. The van der Waals surface area contributed by atoms with E-state index in [1.54, 1.807) is 24.1 Å². The molecule has 3 rings (SSSR count). The summed E-state index contributed by atoms with van der Waals surface area (Å²) in [6.07, 6.45) is 0.754. The highest BCUT2D eigenvalue weighted by molar-refractivity contribution is 8.15. The van der Waals surface area contributed by atoms with E-state index >= 15 is 0 Å². The van der Waals surface area contributed by atoms with Crippen LogP contribution in [0, 0.1) is 6.92 Å². The Bertz CT molecular complexity index is 962. The van der Waals surface area contributed by atoms with Gasteiger partial charge in [0, 0.05) is 26.2 Å². The largest absolute Gasteiger partial charge is 0.495 e. The molecule has 2 aromatic carbocycles. The van der Waals surface area contributed by atoms with E-state index in [0.29, 0.717) is 42.8 Å². The summed E-state index contributed by atoms with van der Waals surface area (Å²) < 4.78 is 10.7. The van der Waals surface area contributed by atoms with Crippen LogP contribution in [0.5, 0.6) is 5.75 Å². The molecule has 1 saturated heterocycles. The SMILES string of the molecule is CCOCCCN1C(=O)C(CC(=O)Nc2ccccc2OC)SC1=Nc1ccc(C)cc1. The van der Waals surface area contributed by atoms with Gasteiger partial charge in [-0.25, -0.2) is 4.99 Å². The lowest BCUT2D eigenvalue weighted by Crippen LogP contribution is -2.34. The lowest BCUT2D eigenvalue weighted by molar-refractivity contribution is -0.128. The summed E-state index contributed by atoms with van der Waals surface area (Å²) in [5.74, 6) is 0.226. The number of hydrogen-bond acceptors (Lipinski definition) is 6. The van der Waals surface area contributed by atoms with Gasteiger partial charge in [0.05, 0.1) is 18.5 Å². The number of amidine groups is 1. The molecule has 1 aliphatic rings. The second kappa shape index (κ2) is 11.7. The Balaban J connectivity index is 1.72. The van der Waals surface area contributed by atoms with Crippen molar-refractivity contribution in [2.75, 3.05) is 32.2 Å². The summed E-state index contributed by atoms with van der Waals surface area (Å²) in [6.45, 7) is 5.67. The first kappa shape index (κ1) is 23.8. The number of benzene rings is 2. The number of aryl methyl sites for hydroxylation is 1. The first-order chi connectivity index (χ1) is 15.5. The zero-order valence-electron chi connectivity index (χ0n) is 18.7. The zero-order chi connectivity index (χ0) is 22.9. The molecule has 170 valence electrons. The van der Waals surface area contributed by atoms with E-state index in [4.69, 9.17) is 14.5 Å². The Morgan fingerprint density at radius 2 is 1.94 bits per heavy atom. The summed E-state index contributed by atoms with van der Waals surface area (Å²) in [6, 6.07) is 15.0. The highest BCUT2D eigenvalue weighted by Gasteiger charge is 2.39. The normalized spacial score (nSPS) is 17.1. The number of methoxy groups -OCH3 is 1. The summed E-state index contributed by atoms with van der Waals surface area (Å²) in [4.78, 5) is 32.2. The van der Waals surface area contributed by atoms with Gasteiger partial charge in [0.25, 0.3) is 0 Å². The number of nitrogens with zero attached hydrogens (tertiary/aromatic N) is 2. The van der Waals surface area contributed by atoms with Crippen molar-refractivity contribution in [1.82, 2.24) is 4.90 Å². The molecule has 2 aromatic rings. The number of aliphatic imine (C=N–C) groups is 1. The van der Waals surface area contributed by atoms with Crippen molar-refractivity contribution in [3.05, 3.63) is 54.1 Å². The Morgan fingerprint density at radius 3 is 2.66 bits per heavy atom. The number of ether oxygens (including phenoxy) is 2. The van der Waals surface area contributed by atoms with Crippen LogP contribution in [0.1, 0.15) is 25.3 Å². The molecular weight excluding hydrogens is 426 g/mol. The van der Waals surface area contributed by atoms with Crippen molar-refractivity contribution in [2.45, 2.75) is 31.9 Å². The van der Waals surface area contributed by atoms with Crippen molar-refractivity contribution in [3.8, 4) is 5.75 Å². The predicted octanol–water partition coefficient (Wildman–Crippen LogP) is 4.39. The minimum atomic E-state index is -0.527. The smallest absolute Gasteiger partial charge is 0.242 e. The monoisotopic (exact) mass is 455 g/mol. The fourth-order valence-electron chi connectivity index (χ4n) is 3.25. The van der Waals surface area contributed by atoms with Crippen LogP contribution in [0.2, 0.25) is 0 Å². The van der Waals surface area contributed by atoms with Gasteiger partial charge in [-0.1, -0.05) is 41.6 Å². The van der Waals surface area contributed by atoms with E-state index < -0.39 is 5.25 Å². The van der Waals surface area contributed by atoms with Crippen molar-refractivity contribution >= 4 is 40.1 Å². The van der Waals surface area contributed by atoms with E-state index in [1.165, 1.54) is 11.8 Å². The summed E-state index contributed by atoms with van der Waals surface area (Å²) >= 11 is 1.33. The molecule has 0 bridgehead atoms. The van der Waals surface area contributed by atoms with Gasteiger partial charge in [0.15, 0.2) is 5.17 Å². The molecule has 1 aliphatic heterocycles. The molecule has 1 unspecified atom stereocenters. The minimum Gasteiger partial charge on any atom is -0.495 e. The summed E-state index contributed by atoms with van der Waals surface area (Å²) in [5, 5.41) is 2.94. The van der Waals surface area contributed by atoms with Gasteiger partial charge in [-0.05, 0) is 44.5 Å². The summed E-state index contributed by atoms with van der Waals surface area (Å²) in [7, 11) is 1.55. The molecule has 0 radical (unpaired) electrons. The topological polar surface area (TPSA) is 80.2 Å². The van der Waals surface area contributed by atoms with E-state index in [2.05, 4.69) is 5.32 Å². The highest BCUT2D eigenvalue weighted by Crippen LogP contribution is 2.32. The molecule has 1 atom stereocenters. The van der Waals surface area contributed by atoms with Crippen molar-refractivity contribution in [2.24, 2.45) is 4.99 Å². The fourth-order valence-corrected chi connectivity index (χ4v) is 4.43. The predicted molar refractivity (Wildman–Crippen MR) is 129 cm³/mol. The van der Waals surface area contributed by atoms with Gasteiger partial charge in [-0.3, -0.25) is 14.5 Å². The van der Waals surface area contributed by atoms with Gasteiger partial charge < -0.3 is 14.8 Å². The van der Waals surface area contributed by atoms with Crippen LogP contribution in [-0.2, 0) is 14.3 Å². The summed E-state index contributed by atoms with van der Waals surface area (Å²) in [5.41, 5.74) is 2.50. The average Bonchev–Trinajstić information content (AvgIpc) is 3.07. The molecule has 2 amide bonds. The second-order valence-corrected chi connectivity index (χ2v) is 8.50. The molecule has 8 heteroatoms. The number of para-hydroxylation sites is 2. The Morgan fingerprint density at radius 1 is 1.19 bits per heavy atom. The Hall–Kier alpha value is -2.84. The number of carbonyl (C=O) groups excluding carboxylic acids is 2. The zero-order valence-corrected chi connectivity index (χ0v) is 19.5. The number of carbonyl (C=O) groups is 2.